The molecule has 0 saturated carbocycles. The van der Waals surface area contributed by atoms with Crippen LogP contribution < -0.4 is 15.2 Å². The van der Waals surface area contributed by atoms with Crippen LogP contribution in [0.1, 0.15) is 6.92 Å². The van der Waals surface area contributed by atoms with Crippen LogP contribution in [0, 0.1) is 0 Å². The number of nitrogen functional groups attached to an aromatic ring is 1. The molecule has 0 fully saturated rings. The molecule has 9 heteroatoms. The smallest absolute Gasteiger partial charge is 0.231 e. The van der Waals surface area contributed by atoms with Crippen molar-refractivity contribution in [3.63, 3.8) is 0 Å². The number of anilines is 1. The van der Waals surface area contributed by atoms with Crippen molar-refractivity contribution >= 4 is 16.9 Å². The van der Waals surface area contributed by atoms with Crippen LogP contribution in [-0.2, 0) is 6.54 Å². The fourth-order valence-electron chi connectivity index (χ4n) is 3.20. The third-order valence-corrected chi connectivity index (χ3v) is 4.38. The van der Waals surface area contributed by atoms with Gasteiger partial charge in [-0.3, -0.25) is 4.98 Å². The molecule has 0 bridgehead atoms. The number of pyridine rings is 1. The Balaban J connectivity index is 1.77. The standard InChI is InChI=1S/C17H14N6O3/c1-2-23-15-10(9-3-4-12-13(5-9)25-8-24-12)6-19-7-11(15)20-17(23)14-16(18)22-26-21-14/h3-7H,2,8H2,1H3,(H2,18,22). The lowest BCUT2D eigenvalue weighted by atomic mass is 10.1. The predicted molar refractivity (Wildman–Crippen MR) is 92.5 cm³/mol. The summed E-state index contributed by atoms with van der Waals surface area (Å²) in [5.74, 6) is 2.25. The average molecular weight is 350 g/mol. The lowest BCUT2D eigenvalue weighted by Crippen LogP contribution is -2.01. The summed E-state index contributed by atoms with van der Waals surface area (Å²) in [7, 11) is 0. The third kappa shape index (κ3) is 2.03. The van der Waals surface area contributed by atoms with Gasteiger partial charge in [0.15, 0.2) is 28.8 Å². The van der Waals surface area contributed by atoms with Crippen molar-refractivity contribution in [3.05, 3.63) is 30.6 Å². The molecule has 0 spiro atoms. The van der Waals surface area contributed by atoms with Gasteiger partial charge in [0.05, 0.1) is 11.7 Å². The monoisotopic (exact) mass is 350 g/mol. The van der Waals surface area contributed by atoms with Gasteiger partial charge in [0, 0.05) is 18.3 Å². The Hall–Kier alpha value is -3.62. The molecule has 0 aliphatic carbocycles. The molecule has 4 aromatic rings. The molecule has 0 radical (unpaired) electrons. The van der Waals surface area contributed by atoms with E-state index in [0.717, 1.165) is 27.9 Å². The number of fused-ring (bicyclic) bond motifs is 2. The number of hydrogen-bond acceptors (Lipinski definition) is 8. The number of ether oxygens (including phenoxy) is 2. The zero-order valence-electron chi connectivity index (χ0n) is 13.8. The van der Waals surface area contributed by atoms with E-state index >= 15 is 0 Å². The topological polar surface area (TPSA) is 114 Å². The van der Waals surface area contributed by atoms with E-state index in [9.17, 15) is 0 Å². The van der Waals surface area contributed by atoms with Gasteiger partial charge >= 0.3 is 0 Å². The summed E-state index contributed by atoms with van der Waals surface area (Å²) in [4.78, 5) is 8.98. The Morgan fingerprint density at radius 1 is 1.15 bits per heavy atom. The summed E-state index contributed by atoms with van der Waals surface area (Å²) in [5, 5.41) is 7.54. The second-order valence-electron chi connectivity index (χ2n) is 5.80. The number of nitrogens with two attached hydrogens (primary N) is 1. The largest absolute Gasteiger partial charge is 0.454 e. The molecule has 0 atom stereocenters. The number of nitrogens with zero attached hydrogens (tertiary/aromatic N) is 5. The Labute approximate surface area is 147 Å². The van der Waals surface area contributed by atoms with E-state index in [1.165, 1.54) is 0 Å². The van der Waals surface area contributed by atoms with E-state index < -0.39 is 0 Å². The SMILES string of the molecule is CCn1c(-c2nonc2N)nc2cncc(-c3ccc4c(c3)OCO4)c21. The molecule has 1 aromatic carbocycles. The van der Waals surface area contributed by atoms with Crippen molar-refractivity contribution < 1.29 is 14.1 Å². The van der Waals surface area contributed by atoms with Crippen molar-refractivity contribution in [1.29, 1.82) is 0 Å². The van der Waals surface area contributed by atoms with E-state index in [2.05, 4.69) is 20.3 Å². The van der Waals surface area contributed by atoms with Crippen LogP contribution in [-0.4, -0.2) is 31.6 Å². The number of imidazole rings is 1. The minimum atomic E-state index is 0.201. The fraction of sp³-hybridized carbons (Fsp3) is 0.176. The molecular weight excluding hydrogens is 336 g/mol. The van der Waals surface area contributed by atoms with Crippen LogP contribution >= 0.6 is 0 Å². The Kier molecular flexibility index (Phi) is 3.08. The zero-order valence-corrected chi connectivity index (χ0v) is 13.8. The van der Waals surface area contributed by atoms with Gasteiger partial charge in [0.2, 0.25) is 6.79 Å². The summed E-state index contributed by atoms with van der Waals surface area (Å²) >= 11 is 0. The summed E-state index contributed by atoms with van der Waals surface area (Å²) < 4.78 is 17.6. The van der Waals surface area contributed by atoms with E-state index in [1.807, 2.05) is 35.9 Å². The normalized spacial score (nSPS) is 12.8. The van der Waals surface area contributed by atoms with Crippen LogP contribution in [0.4, 0.5) is 5.82 Å². The van der Waals surface area contributed by atoms with Crippen molar-refractivity contribution in [1.82, 2.24) is 24.8 Å². The molecule has 2 N–H and O–H groups in total. The summed E-state index contributed by atoms with van der Waals surface area (Å²) in [6, 6.07) is 5.81. The Morgan fingerprint density at radius 2 is 2.04 bits per heavy atom. The molecule has 3 aromatic heterocycles. The average Bonchev–Trinajstić information content (AvgIpc) is 3.37. The number of benzene rings is 1. The number of aryl methyl sites for hydroxylation is 1. The molecule has 4 heterocycles. The highest BCUT2D eigenvalue weighted by Gasteiger charge is 2.22. The zero-order chi connectivity index (χ0) is 17.7. The molecular formula is C17H14N6O3. The Bertz CT molecular complexity index is 1130. The van der Waals surface area contributed by atoms with E-state index in [1.54, 1.807) is 6.20 Å². The third-order valence-electron chi connectivity index (χ3n) is 4.38. The van der Waals surface area contributed by atoms with Crippen molar-refractivity contribution in [2.45, 2.75) is 13.5 Å². The molecule has 0 unspecified atom stereocenters. The summed E-state index contributed by atoms with van der Waals surface area (Å²) in [6.45, 7) is 2.93. The van der Waals surface area contributed by atoms with Gasteiger partial charge < -0.3 is 19.8 Å². The van der Waals surface area contributed by atoms with Gasteiger partial charge in [-0.1, -0.05) is 6.07 Å². The quantitative estimate of drug-likeness (QED) is 0.599. The lowest BCUT2D eigenvalue weighted by molar-refractivity contribution is 0.174. The van der Waals surface area contributed by atoms with Crippen LogP contribution in [0.5, 0.6) is 11.5 Å². The highest BCUT2D eigenvalue weighted by Crippen LogP contribution is 2.38. The van der Waals surface area contributed by atoms with Crippen molar-refractivity contribution in [3.8, 4) is 34.1 Å². The predicted octanol–water partition coefficient (Wildman–Crippen LogP) is 2.48. The van der Waals surface area contributed by atoms with Gasteiger partial charge in [-0.05, 0) is 34.9 Å². The maximum atomic E-state index is 5.86. The van der Waals surface area contributed by atoms with Gasteiger partial charge in [-0.15, -0.1) is 0 Å². The van der Waals surface area contributed by atoms with E-state index in [0.29, 0.717) is 23.8 Å². The van der Waals surface area contributed by atoms with E-state index in [-0.39, 0.29) is 12.6 Å². The first-order chi connectivity index (χ1) is 12.8. The van der Waals surface area contributed by atoms with Gasteiger partial charge in [-0.25, -0.2) is 9.61 Å². The van der Waals surface area contributed by atoms with Crippen molar-refractivity contribution in [2.75, 3.05) is 12.5 Å². The van der Waals surface area contributed by atoms with Crippen LogP contribution in [0.25, 0.3) is 33.7 Å². The molecule has 5 rings (SSSR count). The number of rotatable bonds is 3. The first kappa shape index (κ1) is 14.7. The molecule has 9 nitrogen and oxygen atoms in total. The fourth-order valence-corrected chi connectivity index (χ4v) is 3.20. The molecule has 26 heavy (non-hydrogen) atoms. The molecule has 130 valence electrons. The number of aromatic nitrogens is 5. The second-order valence-corrected chi connectivity index (χ2v) is 5.80. The van der Waals surface area contributed by atoms with Crippen LogP contribution in [0.3, 0.4) is 0 Å². The van der Waals surface area contributed by atoms with Crippen LogP contribution in [0.15, 0.2) is 35.2 Å². The minimum Gasteiger partial charge on any atom is -0.454 e. The molecule has 0 saturated heterocycles. The summed E-state index contributed by atoms with van der Waals surface area (Å²) in [5.41, 5.74) is 9.83. The maximum Gasteiger partial charge on any atom is 0.231 e. The Morgan fingerprint density at radius 3 is 2.85 bits per heavy atom. The molecule has 1 aliphatic heterocycles. The first-order valence-electron chi connectivity index (χ1n) is 8.09. The molecule has 1 aliphatic rings. The van der Waals surface area contributed by atoms with Gasteiger partial charge in [0.1, 0.15) is 5.52 Å². The lowest BCUT2D eigenvalue weighted by Gasteiger charge is -2.09. The van der Waals surface area contributed by atoms with Crippen molar-refractivity contribution in [2.24, 2.45) is 0 Å². The van der Waals surface area contributed by atoms with Gasteiger partial charge in [-0.2, -0.15) is 0 Å². The molecule has 0 amide bonds. The second kappa shape index (κ2) is 5.45. The maximum absolute atomic E-state index is 5.86. The van der Waals surface area contributed by atoms with Gasteiger partial charge in [0.25, 0.3) is 0 Å². The minimum absolute atomic E-state index is 0.201. The summed E-state index contributed by atoms with van der Waals surface area (Å²) in [6.07, 6.45) is 3.52. The first-order valence-corrected chi connectivity index (χ1v) is 8.09. The van der Waals surface area contributed by atoms with Crippen LogP contribution in [0.2, 0.25) is 0 Å². The van der Waals surface area contributed by atoms with E-state index in [4.69, 9.17) is 19.8 Å². The number of hydrogen-bond donors (Lipinski definition) is 1. The highest BCUT2D eigenvalue weighted by molar-refractivity contribution is 5.94. The highest BCUT2D eigenvalue weighted by atomic mass is 16.7.